The number of nitrogens with zero attached hydrogens (tertiary/aromatic N) is 3. The lowest BCUT2D eigenvalue weighted by molar-refractivity contribution is 0.0616. The van der Waals surface area contributed by atoms with E-state index >= 15 is 0 Å². The summed E-state index contributed by atoms with van der Waals surface area (Å²) in [7, 11) is 0. The van der Waals surface area contributed by atoms with E-state index in [9.17, 15) is 9.59 Å². The van der Waals surface area contributed by atoms with Crippen molar-refractivity contribution in [1.82, 2.24) is 20.1 Å². The van der Waals surface area contributed by atoms with Gasteiger partial charge in [-0.25, -0.2) is 4.79 Å². The van der Waals surface area contributed by atoms with Gasteiger partial charge in [0.15, 0.2) is 0 Å². The molecule has 0 radical (unpaired) electrons. The van der Waals surface area contributed by atoms with Crippen LogP contribution in [0.1, 0.15) is 15.9 Å². The number of rotatable bonds is 2. The van der Waals surface area contributed by atoms with E-state index in [0.29, 0.717) is 31.7 Å². The molecule has 1 N–H and O–H groups in total. The van der Waals surface area contributed by atoms with Crippen molar-refractivity contribution in [3.8, 4) is 11.3 Å². The molecule has 1 aromatic carbocycles. The molecule has 1 atom stereocenters. The molecule has 2 aliphatic rings. The van der Waals surface area contributed by atoms with Gasteiger partial charge < -0.3 is 15.1 Å². The number of amides is 3. The summed E-state index contributed by atoms with van der Waals surface area (Å²) in [6, 6.07) is 11.6. The molecule has 2 saturated heterocycles. The average molecular weight is 336 g/mol. The normalized spacial score (nSPS) is 19.6. The molecule has 0 spiro atoms. The Balaban J connectivity index is 1.60. The van der Waals surface area contributed by atoms with Gasteiger partial charge in [0.2, 0.25) is 0 Å². The van der Waals surface area contributed by atoms with Crippen LogP contribution in [0.15, 0.2) is 42.6 Å². The third-order valence-electron chi connectivity index (χ3n) is 5.02. The minimum Gasteiger partial charge on any atom is -0.336 e. The molecule has 2 fully saturated rings. The molecule has 0 saturated carbocycles. The van der Waals surface area contributed by atoms with Crippen molar-refractivity contribution in [1.29, 1.82) is 0 Å². The number of piperazine rings is 1. The summed E-state index contributed by atoms with van der Waals surface area (Å²) in [4.78, 5) is 32.8. The van der Waals surface area contributed by atoms with Crippen LogP contribution in [0.3, 0.4) is 0 Å². The summed E-state index contributed by atoms with van der Waals surface area (Å²) in [5.41, 5.74) is 3.48. The van der Waals surface area contributed by atoms with Crippen molar-refractivity contribution >= 4 is 11.9 Å². The topological polar surface area (TPSA) is 65.5 Å². The maximum atomic E-state index is 13.1. The molecule has 4 rings (SSSR count). The molecule has 6 nitrogen and oxygen atoms in total. The molecule has 0 aliphatic carbocycles. The Hall–Kier alpha value is -2.89. The van der Waals surface area contributed by atoms with E-state index in [0.717, 1.165) is 16.8 Å². The first kappa shape index (κ1) is 15.6. The number of carbonyl (C=O) groups excluding carboxylic acids is 2. The van der Waals surface area contributed by atoms with Crippen LogP contribution >= 0.6 is 0 Å². The summed E-state index contributed by atoms with van der Waals surface area (Å²) in [5, 5.41) is 2.84. The molecule has 3 amide bonds. The van der Waals surface area contributed by atoms with Crippen molar-refractivity contribution in [2.45, 2.75) is 13.0 Å². The molecular formula is C19H20N4O2. The monoisotopic (exact) mass is 336 g/mol. The summed E-state index contributed by atoms with van der Waals surface area (Å²) in [5.74, 6) is 0.0225. The number of hydrogen-bond acceptors (Lipinski definition) is 3. The van der Waals surface area contributed by atoms with Crippen molar-refractivity contribution in [3.05, 3.63) is 53.7 Å². The molecule has 3 heterocycles. The standard InChI is InChI=1S/C19H20N4O2/c1-13-15(17-7-2-3-8-20-17)5-4-6-16(13)18(24)22-9-10-23-14(12-22)11-21-19(23)25/h2-8,14H,9-12H2,1H3,(H,21,25). The quantitative estimate of drug-likeness (QED) is 0.911. The smallest absolute Gasteiger partial charge is 0.317 e. The Morgan fingerprint density at radius 2 is 2.08 bits per heavy atom. The third kappa shape index (κ3) is 2.73. The van der Waals surface area contributed by atoms with Gasteiger partial charge in [-0.1, -0.05) is 18.2 Å². The van der Waals surface area contributed by atoms with E-state index in [1.807, 2.05) is 53.1 Å². The number of urea groups is 1. The highest BCUT2D eigenvalue weighted by Gasteiger charge is 2.37. The fourth-order valence-electron chi connectivity index (χ4n) is 3.63. The summed E-state index contributed by atoms with van der Waals surface area (Å²) >= 11 is 0. The molecule has 6 heteroatoms. The molecule has 25 heavy (non-hydrogen) atoms. The Labute approximate surface area is 146 Å². The first-order chi connectivity index (χ1) is 12.1. The second-order valence-electron chi connectivity index (χ2n) is 6.48. The second kappa shape index (κ2) is 6.20. The fraction of sp³-hybridized carbons (Fsp3) is 0.316. The van der Waals surface area contributed by atoms with Crippen molar-refractivity contribution in [2.24, 2.45) is 0 Å². The minimum atomic E-state index is -0.0228. The van der Waals surface area contributed by atoms with E-state index in [4.69, 9.17) is 0 Å². The first-order valence-electron chi connectivity index (χ1n) is 8.50. The van der Waals surface area contributed by atoms with E-state index in [1.165, 1.54) is 0 Å². The van der Waals surface area contributed by atoms with Crippen LogP contribution in [0.2, 0.25) is 0 Å². The third-order valence-corrected chi connectivity index (χ3v) is 5.02. The van der Waals surface area contributed by atoms with Crippen molar-refractivity contribution in [3.63, 3.8) is 0 Å². The Morgan fingerprint density at radius 1 is 1.20 bits per heavy atom. The Bertz CT molecular complexity index is 821. The number of nitrogens with one attached hydrogen (secondary N) is 1. The second-order valence-corrected chi connectivity index (χ2v) is 6.48. The molecular weight excluding hydrogens is 316 g/mol. The number of benzene rings is 1. The number of pyridine rings is 1. The van der Waals surface area contributed by atoms with Gasteiger partial charge >= 0.3 is 6.03 Å². The van der Waals surface area contributed by atoms with Gasteiger partial charge in [-0.3, -0.25) is 9.78 Å². The SMILES string of the molecule is Cc1c(C(=O)N2CCN3C(=O)NCC3C2)cccc1-c1ccccn1. The van der Waals surface area contributed by atoms with E-state index in [2.05, 4.69) is 10.3 Å². The number of aromatic nitrogens is 1. The highest BCUT2D eigenvalue weighted by molar-refractivity contribution is 5.97. The highest BCUT2D eigenvalue weighted by atomic mass is 16.2. The molecule has 1 aromatic heterocycles. The summed E-state index contributed by atoms with van der Waals surface area (Å²) in [6.07, 6.45) is 1.76. The lowest BCUT2D eigenvalue weighted by Gasteiger charge is -2.36. The number of hydrogen-bond donors (Lipinski definition) is 1. The van der Waals surface area contributed by atoms with Gasteiger partial charge in [-0.15, -0.1) is 0 Å². The molecule has 128 valence electrons. The van der Waals surface area contributed by atoms with Crippen molar-refractivity contribution in [2.75, 3.05) is 26.2 Å². The lowest BCUT2D eigenvalue weighted by Crippen LogP contribution is -2.53. The van der Waals surface area contributed by atoms with E-state index in [1.54, 1.807) is 6.20 Å². The molecule has 2 aromatic rings. The largest absolute Gasteiger partial charge is 0.336 e. The zero-order valence-corrected chi connectivity index (χ0v) is 14.1. The zero-order chi connectivity index (χ0) is 17.4. The van der Waals surface area contributed by atoms with Crippen LogP contribution in [0.25, 0.3) is 11.3 Å². The first-order valence-corrected chi connectivity index (χ1v) is 8.50. The van der Waals surface area contributed by atoms with Gasteiger partial charge in [0, 0.05) is 43.5 Å². The number of fused-ring (bicyclic) bond motifs is 1. The van der Waals surface area contributed by atoms with Crippen LogP contribution in [0, 0.1) is 6.92 Å². The highest BCUT2D eigenvalue weighted by Crippen LogP contribution is 2.25. The minimum absolute atomic E-state index is 0.0225. The Morgan fingerprint density at radius 3 is 2.88 bits per heavy atom. The van der Waals surface area contributed by atoms with Crippen LogP contribution in [0.5, 0.6) is 0 Å². The molecule has 2 aliphatic heterocycles. The molecule has 1 unspecified atom stereocenters. The van der Waals surface area contributed by atoms with Crippen molar-refractivity contribution < 1.29 is 9.59 Å². The van der Waals surface area contributed by atoms with Gasteiger partial charge in [0.05, 0.1) is 11.7 Å². The summed E-state index contributed by atoms with van der Waals surface area (Å²) < 4.78 is 0. The maximum Gasteiger partial charge on any atom is 0.317 e. The predicted octanol–water partition coefficient (Wildman–Crippen LogP) is 1.91. The molecule has 0 bridgehead atoms. The van der Waals surface area contributed by atoms with Crippen LogP contribution < -0.4 is 5.32 Å². The van der Waals surface area contributed by atoms with Gasteiger partial charge in [0.1, 0.15) is 0 Å². The maximum absolute atomic E-state index is 13.1. The predicted molar refractivity (Wildman–Crippen MR) is 94.2 cm³/mol. The van der Waals surface area contributed by atoms with Crippen LogP contribution in [0.4, 0.5) is 4.79 Å². The fourth-order valence-corrected chi connectivity index (χ4v) is 3.63. The van der Waals surface area contributed by atoms with E-state index in [-0.39, 0.29) is 18.0 Å². The van der Waals surface area contributed by atoms with Gasteiger partial charge in [-0.05, 0) is 30.7 Å². The zero-order valence-electron chi connectivity index (χ0n) is 14.1. The summed E-state index contributed by atoms with van der Waals surface area (Å²) in [6.45, 7) is 4.30. The Kier molecular flexibility index (Phi) is 3.87. The lowest BCUT2D eigenvalue weighted by atomic mass is 9.98. The van der Waals surface area contributed by atoms with Gasteiger partial charge in [-0.2, -0.15) is 0 Å². The van der Waals surface area contributed by atoms with Crippen LogP contribution in [-0.2, 0) is 0 Å². The number of carbonyl (C=O) groups is 2. The average Bonchev–Trinajstić information content (AvgIpc) is 3.02. The van der Waals surface area contributed by atoms with E-state index < -0.39 is 0 Å². The van der Waals surface area contributed by atoms with Gasteiger partial charge in [0.25, 0.3) is 5.91 Å². The van der Waals surface area contributed by atoms with Crippen LogP contribution in [-0.4, -0.2) is 58.9 Å².